The van der Waals surface area contributed by atoms with Crippen LogP contribution in [0.25, 0.3) is 11.2 Å². The lowest BCUT2D eigenvalue weighted by Gasteiger charge is -2.06. The van der Waals surface area contributed by atoms with Crippen LogP contribution in [0.5, 0.6) is 0 Å². The standard InChI is InChI=1S/C13H11F3N2.C12H13N3O/c1-9-3-2-4-10(6-5-9)12-17-7-11(8-18-12)13(14,15)16;1-8-12(9-2-3-9)14-11-5-4-10(13-7-16)6-15(8)11/h3-8H,2H2,1H3;4-7,9H,2-3H2,1H3,(H,13,16). The fourth-order valence-corrected chi connectivity index (χ4v) is 3.60. The van der Waals surface area contributed by atoms with Gasteiger partial charge in [-0.2, -0.15) is 13.2 Å². The van der Waals surface area contributed by atoms with Crippen LogP contribution < -0.4 is 5.32 Å². The number of carbonyl (C=O) groups excluding carboxylic acids is 1. The zero-order chi connectivity index (χ0) is 24.3. The Labute approximate surface area is 195 Å². The average molecular weight is 467 g/mol. The number of hydrogen-bond donors (Lipinski definition) is 1. The lowest BCUT2D eigenvalue weighted by Crippen LogP contribution is -2.07. The fourth-order valence-electron chi connectivity index (χ4n) is 3.60. The number of allylic oxidation sites excluding steroid dienone is 6. The molecule has 0 bridgehead atoms. The van der Waals surface area contributed by atoms with Gasteiger partial charge in [0.15, 0.2) is 5.82 Å². The Kier molecular flexibility index (Phi) is 6.63. The number of hydrogen-bond acceptors (Lipinski definition) is 4. The minimum absolute atomic E-state index is 0.308. The van der Waals surface area contributed by atoms with Crippen LogP contribution in [0, 0.1) is 6.92 Å². The molecule has 0 spiro atoms. The molecule has 1 fully saturated rings. The van der Waals surface area contributed by atoms with Crippen molar-refractivity contribution in [3.8, 4) is 0 Å². The van der Waals surface area contributed by atoms with Crippen molar-refractivity contribution in [2.75, 3.05) is 5.32 Å². The number of nitrogens with one attached hydrogen (secondary N) is 1. The van der Waals surface area contributed by atoms with Crippen molar-refractivity contribution in [1.29, 1.82) is 0 Å². The summed E-state index contributed by atoms with van der Waals surface area (Å²) in [6.07, 6.45) is 10.7. The molecule has 3 heterocycles. The largest absolute Gasteiger partial charge is 0.419 e. The number of pyridine rings is 1. The minimum atomic E-state index is -4.40. The number of amides is 1. The van der Waals surface area contributed by atoms with E-state index in [-0.39, 0.29) is 0 Å². The Hall–Kier alpha value is -3.75. The Balaban J connectivity index is 0.000000162. The van der Waals surface area contributed by atoms with Crippen LogP contribution in [-0.4, -0.2) is 25.8 Å². The molecule has 0 aliphatic heterocycles. The maximum Gasteiger partial charge on any atom is 0.419 e. The van der Waals surface area contributed by atoms with E-state index in [1.807, 2.05) is 47.9 Å². The van der Waals surface area contributed by atoms with E-state index in [0.29, 0.717) is 18.2 Å². The first kappa shape index (κ1) is 23.4. The highest BCUT2D eigenvalue weighted by atomic mass is 19.4. The SMILES string of the molecule is CC1=CCC=C(c2ncc(C(F)(F)F)cn2)C=C1.Cc1c(C2CC2)nc2ccc(NC=O)cn12. The summed E-state index contributed by atoms with van der Waals surface area (Å²) in [6, 6.07) is 3.80. The van der Waals surface area contributed by atoms with Crippen molar-refractivity contribution in [2.24, 2.45) is 0 Å². The number of anilines is 1. The summed E-state index contributed by atoms with van der Waals surface area (Å²) in [5.74, 6) is 0.963. The summed E-state index contributed by atoms with van der Waals surface area (Å²) in [5.41, 5.74) is 5.15. The highest BCUT2D eigenvalue weighted by molar-refractivity contribution is 5.72. The van der Waals surface area contributed by atoms with E-state index in [4.69, 9.17) is 0 Å². The van der Waals surface area contributed by atoms with Crippen molar-refractivity contribution in [3.63, 3.8) is 0 Å². The van der Waals surface area contributed by atoms with Crippen molar-refractivity contribution in [2.45, 2.75) is 45.2 Å². The van der Waals surface area contributed by atoms with E-state index >= 15 is 0 Å². The fraction of sp³-hybridized carbons (Fsp3) is 0.280. The number of imidazole rings is 1. The predicted molar refractivity (Wildman–Crippen MR) is 124 cm³/mol. The number of fused-ring (bicyclic) bond motifs is 1. The van der Waals surface area contributed by atoms with Gasteiger partial charge in [-0.25, -0.2) is 15.0 Å². The maximum atomic E-state index is 12.4. The second kappa shape index (κ2) is 9.62. The molecule has 3 aromatic rings. The average Bonchev–Trinajstić information content (AvgIpc) is 3.62. The molecule has 34 heavy (non-hydrogen) atoms. The van der Waals surface area contributed by atoms with Gasteiger partial charge in [0.2, 0.25) is 6.41 Å². The number of halogens is 3. The van der Waals surface area contributed by atoms with Gasteiger partial charge in [-0.15, -0.1) is 0 Å². The minimum Gasteiger partial charge on any atom is -0.327 e. The van der Waals surface area contributed by atoms with E-state index in [9.17, 15) is 18.0 Å². The summed E-state index contributed by atoms with van der Waals surface area (Å²) in [6.45, 7) is 4.04. The van der Waals surface area contributed by atoms with E-state index in [2.05, 4.69) is 27.2 Å². The van der Waals surface area contributed by atoms with Crippen molar-refractivity contribution in [1.82, 2.24) is 19.4 Å². The van der Waals surface area contributed by atoms with Crippen molar-refractivity contribution < 1.29 is 18.0 Å². The van der Waals surface area contributed by atoms with Crippen LogP contribution in [0.4, 0.5) is 18.9 Å². The quantitative estimate of drug-likeness (QED) is 0.487. The van der Waals surface area contributed by atoms with E-state index < -0.39 is 11.7 Å². The second-order valence-corrected chi connectivity index (χ2v) is 8.23. The molecule has 5 rings (SSSR count). The molecular weight excluding hydrogens is 443 g/mol. The van der Waals surface area contributed by atoms with Gasteiger partial charge in [-0.1, -0.05) is 29.9 Å². The summed E-state index contributed by atoms with van der Waals surface area (Å²) < 4.78 is 39.1. The van der Waals surface area contributed by atoms with Crippen LogP contribution in [0.2, 0.25) is 0 Å². The first-order chi connectivity index (χ1) is 16.3. The van der Waals surface area contributed by atoms with Crippen molar-refractivity contribution in [3.05, 3.63) is 83.4 Å². The predicted octanol–water partition coefficient (Wildman–Crippen LogP) is 5.87. The smallest absolute Gasteiger partial charge is 0.327 e. The third kappa shape index (κ3) is 5.41. The van der Waals surface area contributed by atoms with Gasteiger partial charge < -0.3 is 9.72 Å². The number of aromatic nitrogens is 4. The maximum absolute atomic E-state index is 12.4. The van der Waals surface area contributed by atoms with Gasteiger partial charge in [0.05, 0.1) is 16.9 Å². The van der Waals surface area contributed by atoms with Gasteiger partial charge in [-0.05, 0) is 45.2 Å². The molecule has 2 aliphatic carbocycles. The van der Waals surface area contributed by atoms with E-state index in [0.717, 1.165) is 41.3 Å². The first-order valence-electron chi connectivity index (χ1n) is 10.9. The molecule has 176 valence electrons. The number of alkyl halides is 3. The highest BCUT2D eigenvalue weighted by Crippen LogP contribution is 2.41. The van der Waals surface area contributed by atoms with Gasteiger partial charge >= 0.3 is 6.18 Å². The van der Waals surface area contributed by atoms with Gasteiger partial charge in [0.25, 0.3) is 0 Å². The van der Waals surface area contributed by atoms with E-state index in [1.165, 1.54) is 24.2 Å². The number of aryl methyl sites for hydroxylation is 1. The summed E-state index contributed by atoms with van der Waals surface area (Å²) in [7, 11) is 0. The molecule has 1 saturated carbocycles. The van der Waals surface area contributed by atoms with Gasteiger partial charge in [0, 0.05) is 35.8 Å². The molecule has 1 N–H and O–H groups in total. The molecule has 0 unspecified atom stereocenters. The summed E-state index contributed by atoms with van der Waals surface area (Å²) >= 11 is 0. The first-order valence-corrected chi connectivity index (χ1v) is 10.9. The molecule has 9 heteroatoms. The third-order valence-electron chi connectivity index (χ3n) is 5.62. The van der Waals surface area contributed by atoms with Gasteiger partial charge in [0.1, 0.15) is 5.65 Å². The molecule has 0 aromatic carbocycles. The van der Waals surface area contributed by atoms with Gasteiger partial charge in [-0.3, -0.25) is 4.79 Å². The molecule has 0 saturated heterocycles. The Bertz CT molecular complexity index is 1280. The second-order valence-electron chi connectivity index (χ2n) is 8.23. The Morgan fingerprint density at radius 1 is 1.09 bits per heavy atom. The third-order valence-corrected chi connectivity index (χ3v) is 5.62. The van der Waals surface area contributed by atoms with Crippen molar-refractivity contribution >= 4 is 23.3 Å². The summed E-state index contributed by atoms with van der Waals surface area (Å²) in [4.78, 5) is 22.5. The Morgan fingerprint density at radius 3 is 2.47 bits per heavy atom. The Morgan fingerprint density at radius 2 is 1.82 bits per heavy atom. The van der Waals surface area contributed by atoms with E-state index in [1.54, 1.807) is 6.08 Å². The zero-order valence-corrected chi connectivity index (χ0v) is 18.8. The summed E-state index contributed by atoms with van der Waals surface area (Å²) in [5, 5.41) is 2.65. The molecule has 2 aliphatic rings. The van der Waals surface area contributed by atoms with Crippen LogP contribution in [0.1, 0.15) is 54.9 Å². The number of nitrogens with zero attached hydrogens (tertiary/aromatic N) is 4. The monoisotopic (exact) mass is 467 g/mol. The lowest BCUT2D eigenvalue weighted by molar-refractivity contribution is -0.138. The van der Waals surface area contributed by atoms with Crippen LogP contribution in [0.3, 0.4) is 0 Å². The number of rotatable bonds is 4. The number of carbonyl (C=O) groups is 1. The highest BCUT2D eigenvalue weighted by Gasteiger charge is 2.31. The van der Waals surface area contributed by atoms with Crippen LogP contribution in [-0.2, 0) is 11.0 Å². The zero-order valence-electron chi connectivity index (χ0n) is 18.8. The molecule has 1 amide bonds. The molecule has 0 atom stereocenters. The van der Waals surface area contributed by atoms with Crippen LogP contribution in [0.15, 0.2) is 60.6 Å². The van der Waals surface area contributed by atoms with Crippen LogP contribution >= 0.6 is 0 Å². The molecular formula is C25H24F3N5O. The molecule has 3 aromatic heterocycles. The normalized spacial score (nSPS) is 15.7. The molecule has 6 nitrogen and oxygen atoms in total. The lowest BCUT2D eigenvalue weighted by atomic mass is 10.2. The molecule has 0 radical (unpaired) electrons. The topological polar surface area (TPSA) is 72.2 Å².